The third-order valence-corrected chi connectivity index (χ3v) is 3.78. The summed E-state index contributed by atoms with van der Waals surface area (Å²) in [6.07, 6.45) is 0.765. The normalized spacial score (nSPS) is 13.6. The zero-order valence-electron chi connectivity index (χ0n) is 15.0. The van der Waals surface area contributed by atoms with E-state index in [1.54, 1.807) is 30.0 Å². The Morgan fingerprint density at radius 1 is 1.31 bits per heavy atom. The first-order chi connectivity index (χ1) is 12.5. The van der Waals surface area contributed by atoms with Gasteiger partial charge >= 0.3 is 12.1 Å². The molecule has 1 saturated heterocycles. The van der Waals surface area contributed by atoms with Gasteiger partial charge < -0.3 is 30.3 Å². The van der Waals surface area contributed by atoms with Crippen LogP contribution in [0.25, 0.3) is 0 Å². The predicted molar refractivity (Wildman–Crippen MR) is 96.5 cm³/mol. The highest BCUT2D eigenvalue weighted by Gasteiger charge is 2.19. The number of benzene rings is 1. The fourth-order valence-electron chi connectivity index (χ4n) is 2.40. The molecule has 0 radical (unpaired) electrons. The molecule has 0 unspecified atom stereocenters. The average molecular weight is 364 g/mol. The minimum Gasteiger partial charge on any atom is -0.495 e. The van der Waals surface area contributed by atoms with Crippen LogP contribution in [0.15, 0.2) is 18.2 Å². The smallest absolute Gasteiger partial charge is 0.409 e. The highest BCUT2D eigenvalue weighted by molar-refractivity contribution is 5.94. The van der Waals surface area contributed by atoms with Crippen LogP contribution in [-0.2, 0) is 9.53 Å². The van der Waals surface area contributed by atoms with E-state index in [0.717, 1.165) is 6.42 Å². The Balaban J connectivity index is 1.86. The number of cyclic esters (lactones) is 1. The second kappa shape index (κ2) is 9.50. The molecule has 1 aromatic rings. The molecule has 0 spiro atoms. The summed E-state index contributed by atoms with van der Waals surface area (Å²) in [4.78, 5) is 36.6. The van der Waals surface area contributed by atoms with Gasteiger partial charge in [0.25, 0.3) is 0 Å². The van der Waals surface area contributed by atoms with Crippen LogP contribution in [0.4, 0.5) is 21.0 Å². The maximum absolute atomic E-state index is 12.0. The molecule has 142 valence electrons. The van der Waals surface area contributed by atoms with E-state index >= 15 is 0 Å². The van der Waals surface area contributed by atoms with Crippen molar-refractivity contribution in [3.63, 3.8) is 0 Å². The Bertz CT molecular complexity index is 665. The zero-order valence-corrected chi connectivity index (χ0v) is 15.0. The maximum Gasteiger partial charge on any atom is 0.409 e. The van der Waals surface area contributed by atoms with Gasteiger partial charge in [0.15, 0.2) is 0 Å². The number of nitrogens with one attached hydrogen (secondary N) is 3. The van der Waals surface area contributed by atoms with Gasteiger partial charge in [-0.25, -0.2) is 9.59 Å². The summed E-state index contributed by atoms with van der Waals surface area (Å²) in [5.74, 6) is 0.347. The van der Waals surface area contributed by atoms with Gasteiger partial charge in [-0.05, 0) is 24.6 Å². The Morgan fingerprint density at radius 3 is 2.81 bits per heavy atom. The van der Waals surface area contributed by atoms with E-state index in [2.05, 4.69) is 16.0 Å². The van der Waals surface area contributed by atoms with Crippen molar-refractivity contribution < 1.29 is 23.9 Å². The second-order valence-electron chi connectivity index (χ2n) is 5.65. The lowest BCUT2D eigenvalue weighted by Crippen LogP contribution is -2.43. The van der Waals surface area contributed by atoms with Crippen molar-refractivity contribution in [3.05, 3.63) is 18.2 Å². The third kappa shape index (κ3) is 5.54. The minimum absolute atomic E-state index is 0.154. The molecule has 9 heteroatoms. The number of nitrogens with zero attached hydrogens (tertiary/aromatic N) is 1. The van der Waals surface area contributed by atoms with Gasteiger partial charge in [0.05, 0.1) is 19.4 Å². The predicted octanol–water partition coefficient (Wildman–Crippen LogP) is 2.01. The second-order valence-corrected chi connectivity index (χ2v) is 5.65. The summed E-state index contributed by atoms with van der Waals surface area (Å²) in [5.41, 5.74) is 0.986. The number of hydrogen-bond acceptors (Lipinski definition) is 5. The summed E-state index contributed by atoms with van der Waals surface area (Å²) in [6, 6.07) is 4.54. The number of methoxy groups -OCH3 is 1. The van der Waals surface area contributed by atoms with Gasteiger partial charge in [-0.15, -0.1) is 0 Å². The van der Waals surface area contributed by atoms with Crippen LogP contribution in [-0.4, -0.2) is 56.3 Å². The molecule has 26 heavy (non-hydrogen) atoms. The lowest BCUT2D eigenvalue weighted by atomic mass is 10.2. The molecule has 9 nitrogen and oxygen atoms in total. The molecule has 0 aromatic heterocycles. The van der Waals surface area contributed by atoms with Crippen molar-refractivity contribution in [3.8, 4) is 5.75 Å². The summed E-state index contributed by atoms with van der Waals surface area (Å²) in [5, 5.41) is 8.09. The van der Waals surface area contributed by atoms with Crippen LogP contribution >= 0.6 is 0 Å². The third-order valence-electron chi connectivity index (χ3n) is 3.78. The molecule has 0 aliphatic carbocycles. The standard InChI is InChI=1S/C17H24N4O5/c1-3-15(22)20-13-11-12(5-6-14(13)25-2)19-16(23)18-7-9-21-8-4-10-26-17(21)24/h5-6,11H,3-4,7-10H2,1-2H3,(H,20,22)(H2,18,19,23). The fraction of sp³-hybridized carbons (Fsp3) is 0.471. The van der Waals surface area contributed by atoms with E-state index in [9.17, 15) is 14.4 Å². The fourth-order valence-corrected chi connectivity index (χ4v) is 2.40. The van der Waals surface area contributed by atoms with E-state index in [0.29, 0.717) is 49.8 Å². The highest BCUT2D eigenvalue weighted by atomic mass is 16.6. The van der Waals surface area contributed by atoms with E-state index < -0.39 is 6.03 Å². The molecule has 1 aliphatic heterocycles. The zero-order chi connectivity index (χ0) is 18.9. The lowest BCUT2D eigenvalue weighted by Gasteiger charge is -2.26. The van der Waals surface area contributed by atoms with Crippen LogP contribution in [0.1, 0.15) is 19.8 Å². The van der Waals surface area contributed by atoms with Gasteiger partial charge in [-0.3, -0.25) is 4.79 Å². The van der Waals surface area contributed by atoms with Crippen molar-refractivity contribution in [2.24, 2.45) is 0 Å². The Labute approximate surface area is 152 Å². The molecule has 1 fully saturated rings. The van der Waals surface area contributed by atoms with Crippen LogP contribution in [0, 0.1) is 0 Å². The van der Waals surface area contributed by atoms with Gasteiger partial charge in [0.2, 0.25) is 5.91 Å². The van der Waals surface area contributed by atoms with Crippen LogP contribution in [0.3, 0.4) is 0 Å². The summed E-state index contributed by atoms with van der Waals surface area (Å²) >= 11 is 0. The molecule has 0 atom stereocenters. The van der Waals surface area contributed by atoms with E-state index in [1.165, 1.54) is 7.11 Å². The quantitative estimate of drug-likeness (QED) is 0.686. The van der Waals surface area contributed by atoms with Crippen molar-refractivity contribution >= 4 is 29.4 Å². The van der Waals surface area contributed by atoms with Gasteiger partial charge in [-0.1, -0.05) is 6.92 Å². The van der Waals surface area contributed by atoms with Crippen molar-refractivity contribution in [2.45, 2.75) is 19.8 Å². The van der Waals surface area contributed by atoms with Crippen LogP contribution in [0.2, 0.25) is 0 Å². The van der Waals surface area contributed by atoms with E-state index in [-0.39, 0.29) is 12.0 Å². The Hall–Kier alpha value is -2.97. The molecule has 4 amide bonds. The minimum atomic E-state index is -0.409. The first-order valence-corrected chi connectivity index (χ1v) is 8.48. The topological polar surface area (TPSA) is 109 Å². The molecule has 1 heterocycles. The maximum atomic E-state index is 12.0. The number of carbonyl (C=O) groups is 3. The SMILES string of the molecule is CCC(=O)Nc1cc(NC(=O)NCCN2CCCOC2=O)ccc1OC. The molecular weight excluding hydrogens is 340 g/mol. The number of urea groups is 1. The first-order valence-electron chi connectivity index (χ1n) is 8.48. The van der Waals surface area contributed by atoms with Crippen molar-refractivity contribution in [2.75, 3.05) is 44.0 Å². The monoisotopic (exact) mass is 364 g/mol. The summed E-state index contributed by atoms with van der Waals surface area (Å²) in [7, 11) is 1.50. The largest absolute Gasteiger partial charge is 0.495 e. The molecule has 2 rings (SSSR count). The molecule has 0 saturated carbocycles. The Kier molecular flexibility index (Phi) is 7.07. The summed E-state index contributed by atoms with van der Waals surface area (Å²) < 4.78 is 10.1. The van der Waals surface area contributed by atoms with Gasteiger partial charge in [0, 0.05) is 31.7 Å². The van der Waals surface area contributed by atoms with E-state index in [1.807, 2.05) is 0 Å². The number of ether oxygens (including phenoxy) is 2. The number of amides is 4. The number of carbonyl (C=O) groups excluding carboxylic acids is 3. The number of hydrogen-bond donors (Lipinski definition) is 3. The lowest BCUT2D eigenvalue weighted by molar-refractivity contribution is -0.115. The molecule has 1 aliphatic rings. The van der Waals surface area contributed by atoms with Gasteiger partial charge in [-0.2, -0.15) is 0 Å². The van der Waals surface area contributed by atoms with Crippen LogP contribution in [0.5, 0.6) is 5.75 Å². The highest BCUT2D eigenvalue weighted by Crippen LogP contribution is 2.27. The van der Waals surface area contributed by atoms with Gasteiger partial charge in [0.1, 0.15) is 5.75 Å². The van der Waals surface area contributed by atoms with Crippen LogP contribution < -0.4 is 20.7 Å². The Morgan fingerprint density at radius 2 is 2.12 bits per heavy atom. The molecule has 1 aromatic carbocycles. The average Bonchev–Trinajstić information content (AvgIpc) is 2.63. The number of rotatable bonds is 7. The molecular formula is C17H24N4O5. The van der Waals surface area contributed by atoms with Crippen molar-refractivity contribution in [1.29, 1.82) is 0 Å². The first kappa shape index (κ1) is 19.4. The summed E-state index contributed by atoms with van der Waals surface area (Å²) in [6.45, 7) is 3.50. The molecule has 0 bridgehead atoms. The van der Waals surface area contributed by atoms with E-state index in [4.69, 9.17) is 9.47 Å². The van der Waals surface area contributed by atoms with Crippen molar-refractivity contribution in [1.82, 2.24) is 10.2 Å². The number of anilines is 2. The molecule has 3 N–H and O–H groups in total.